The predicted octanol–water partition coefficient (Wildman–Crippen LogP) is 1.06. The largest absolute Gasteiger partial charge is 0.480 e. The number of hydrogen-bond acceptors (Lipinski definition) is 4. The zero-order valence-corrected chi connectivity index (χ0v) is 15.6. The molecule has 0 aromatic rings. The molecule has 0 aromatic heterocycles. The van der Waals surface area contributed by atoms with Gasteiger partial charge in [0.25, 0.3) is 0 Å². The molecule has 0 aliphatic heterocycles. The molecular weight excluding hydrogens is 336 g/mol. The summed E-state index contributed by atoms with van der Waals surface area (Å²) in [6.45, 7) is 2.98. The summed E-state index contributed by atoms with van der Waals surface area (Å²) < 4.78 is 0. The zero-order valence-electron chi connectivity index (χ0n) is 15.6. The maximum atomic E-state index is 11.9. The summed E-state index contributed by atoms with van der Waals surface area (Å²) in [5.41, 5.74) is 0. The number of carboxylic acids is 1. The molecule has 2 saturated carbocycles. The third kappa shape index (κ3) is 6.82. The lowest BCUT2D eigenvalue weighted by Gasteiger charge is -2.42. The van der Waals surface area contributed by atoms with Crippen molar-refractivity contribution in [3.63, 3.8) is 0 Å². The number of urea groups is 1. The molecule has 26 heavy (non-hydrogen) atoms. The monoisotopic (exact) mass is 368 g/mol. The summed E-state index contributed by atoms with van der Waals surface area (Å²) in [4.78, 5) is 36.5. The predicted molar refractivity (Wildman–Crippen MR) is 97.9 cm³/mol. The molecule has 0 bridgehead atoms. The van der Waals surface area contributed by atoms with E-state index in [1.807, 2.05) is 11.8 Å². The highest BCUT2D eigenvalue weighted by atomic mass is 16.4. The number of amides is 3. The van der Waals surface area contributed by atoms with E-state index in [0.717, 1.165) is 25.7 Å². The van der Waals surface area contributed by atoms with Crippen LogP contribution in [0.1, 0.15) is 58.3 Å². The number of carbonyl (C=O) groups excluding carboxylic acids is 2. The van der Waals surface area contributed by atoms with Crippen LogP contribution in [0.15, 0.2) is 0 Å². The molecule has 0 unspecified atom stereocenters. The second-order valence-electron chi connectivity index (χ2n) is 7.33. The van der Waals surface area contributed by atoms with Crippen molar-refractivity contribution < 1.29 is 19.5 Å². The summed E-state index contributed by atoms with van der Waals surface area (Å²) >= 11 is 0. The topological polar surface area (TPSA) is 111 Å². The normalized spacial score (nSPS) is 23.2. The van der Waals surface area contributed by atoms with Crippen LogP contribution in [0.3, 0.4) is 0 Å². The summed E-state index contributed by atoms with van der Waals surface area (Å²) in [7, 11) is 0. The zero-order chi connectivity index (χ0) is 18.9. The van der Waals surface area contributed by atoms with Crippen LogP contribution in [0.2, 0.25) is 0 Å². The number of nitrogens with zero attached hydrogens (tertiary/aromatic N) is 1. The fraction of sp³-hybridized carbons (Fsp3) is 0.833. The highest BCUT2D eigenvalue weighted by Gasteiger charge is 2.34. The van der Waals surface area contributed by atoms with Crippen molar-refractivity contribution in [3.8, 4) is 0 Å². The van der Waals surface area contributed by atoms with Gasteiger partial charge >= 0.3 is 12.0 Å². The van der Waals surface area contributed by atoms with Gasteiger partial charge < -0.3 is 21.1 Å². The van der Waals surface area contributed by atoms with Crippen molar-refractivity contribution in [1.82, 2.24) is 20.9 Å². The number of hydrogen-bond donors (Lipinski definition) is 4. The first-order valence-electron chi connectivity index (χ1n) is 9.77. The second kappa shape index (κ2) is 10.4. The third-order valence-corrected chi connectivity index (χ3v) is 5.32. The van der Waals surface area contributed by atoms with Gasteiger partial charge in [-0.2, -0.15) is 0 Å². The number of aliphatic carboxylic acids is 1. The second-order valence-corrected chi connectivity index (χ2v) is 7.33. The minimum absolute atomic E-state index is 0.00633. The van der Waals surface area contributed by atoms with E-state index in [9.17, 15) is 14.4 Å². The van der Waals surface area contributed by atoms with E-state index < -0.39 is 5.97 Å². The Morgan fingerprint density at radius 3 is 2.35 bits per heavy atom. The van der Waals surface area contributed by atoms with Gasteiger partial charge in [-0.3, -0.25) is 14.5 Å². The fourth-order valence-electron chi connectivity index (χ4n) is 3.75. The third-order valence-electron chi connectivity index (χ3n) is 5.32. The molecule has 0 saturated heterocycles. The fourth-order valence-corrected chi connectivity index (χ4v) is 3.75. The molecule has 0 spiro atoms. The van der Waals surface area contributed by atoms with E-state index >= 15 is 0 Å². The van der Waals surface area contributed by atoms with Crippen LogP contribution < -0.4 is 16.0 Å². The van der Waals surface area contributed by atoms with Gasteiger partial charge in [0.1, 0.15) is 0 Å². The summed E-state index contributed by atoms with van der Waals surface area (Å²) in [6, 6.07) is 0.311. The van der Waals surface area contributed by atoms with Crippen LogP contribution in [-0.2, 0) is 9.59 Å². The Morgan fingerprint density at radius 2 is 1.73 bits per heavy atom. The van der Waals surface area contributed by atoms with Crippen LogP contribution in [0.25, 0.3) is 0 Å². The minimum atomic E-state index is -0.826. The van der Waals surface area contributed by atoms with Crippen molar-refractivity contribution in [3.05, 3.63) is 0 Å². The maximum Gasteiger partial charge on any atom is 0.317 e. The smallest absolute Gasteiger partial charge is 0.317 e. The van der Waals surface area contributed by atoms with E-state index in [0.29, 0.717) is 25.6 Å². The molecule has 0 radical (unpaired) electrons. The Labute approximate surface area is 155 Å². The molecule has 3 amide bonds. The number of rotatable bonds is 9. The first-order chi connectivity index (χ1) is 12.5. The Balaban J connectivity index is 1.54. The SMILES string of the molecule is CCN(CC(=O)O)C1CC(NC(=O)NCCC(=O)NC2CCCCC2)C1. The Bertz CT molecular complexity index is 488. The van der Waals surface area contributed by atoms with Gasteiger partial charge in [-0.05, 0) is 32.2 Å². The average Bonchev–Trinajstić information content (AvgIpc) is 2.56. The van der Waals surface area contributed by atoms with Gasteiger partial charge in [0.2, 0.25) is 5.91 Å². The lowest BCUT2D eigenvalue weighted by molar-refractivity contribution is -0.139. The molecular formula is C18H32N4O4. The van der Waals surface area contributed by atoms with Crippen molar-refractivity contribution >= 4 is 17.9 Å². The molecule has 2 rings (SSSR count). The molecule has 2 fully saturated rings. The first-order valence-corrected chi connectivity index (χ1v) is 9.77. The maximum absolute atomic E-state index is 11.9. The van der Waals surface area contributed by atoms with E-state index in [-0.39, 0.29) is 30.6 Å². The number of nitrogens with one attached hydrogen (secondary N) is 3. The minimum Gasteiger partial charge on any atom is -0.480 e. The van der Waals surface area contributed by atoms with Gasteiger partial charge in [-0.1, -0.05) is 26.2 Å². The van der Waals surface area contributed by atoms with E-state index in [1.54, 1.807) is 0 Å². The van der Waals surface area contributed by atoms with Crippen molar-refractivity contribution in [2.45, 2.75) is 76.4 Å². The standard InChI is InChI=1S/C18H32N4O4/c1-2-22(12-17(24)25)15-10-14(11-15)21-18(26)19-9-8-16(23)20-13-6-4-3-5-7-13/h13-15H,2-12H2,1H3,(H,20,23)(H,24,25)(H2,19,21,26). The average molecular weight is 368 g/mol. The Morgan fingerprint density at radius 1 is 1.04 bits per heavy atom. The van der Waals surface area contributed by atoms with Gasteiger partial charge in [-0.15, -0.1) is 0 Å². The molecule has 8 nitrogen and oxygen atoms in total. The quantitative estimate of drug-likeness (QED) is 0.486. The van der Waals surface area contributed by atoms with E-state index in [1.165, 1.54) is 19.3 Å². The van der Waals surface area contributed by atoms with Gasteiger partial charge in [0, 0.05) is 31.1 Å². The van der Waals surface area contributed by atoms with Crippen LogP contribution >= 0.6 is 0 Å². The molecule has 4 N–H and O–H groups in total. The van der Waals surface area contributed by atoms with Crippen molar-refractivity contribution in [2.75, 3.05) is 19.6 Å². The summed E-state index contributed by atoms with van der Waals surface area (Å²) in [6.07, 6.45) is 7.53. The van der Waals surface area contributed by atoms with E-state index in [4.69, 9.17) is 5.11 Å². The van der Waals surface area contributed by atoms with E-state index in [2.05, 4.69) is 16.0 Å². The van der Waals surface area contributed by atoms with Crippen molar-refractivity contribution in [2.24, 2.45) is 0 Å². The number of carboxylic acid groups (broad SMARTS) is 1. The van der Waals surface area contributed by atoms with Gasteiger partial charge in [-0.25, -0.2) is 4.79 Å². The van der Waals surface area contributed by atoms with Gasteiger partial charge in [0.05, 0.1) is 6.54 Å². The Kier molecular flexibility index (Phi) is 8.15. The molecule has 148 valence electrons. The van der Waals surface area contributed by atoms with Crippen molar-refractivity contribution in [1.29, 1.82) is 0 Å². The van der Waals surface area contributed by atoms with Gasteiger partial charge in [0.15, 0.2) is 0 Å². The molecule has 0 aromatic carbocycles. The van der Waals surface area contributed by atoms with Crippen LogP contribution in [0.4, 0.5) is 4.79 Å². The summed E-state index contributed by atoms with van der Waals surface area (Å²) in [5, 5.41) is 17.5. The molecule has 0 heterocycles. The first kappa shape index (κ1) is 20.5. The summed E-state index contributed by atoms with van der Waals surface area (Å²) in [5.74, 6) is -0.833. The van der Waals surface area contributed by atoms with Crippen LogP contribution in [0.5, 0.6) is 0 Å². The van der Waals surface area contributed by atoms with Crippen LogP contribution in [-0.4, -0.2) is 65.7 Å². The lowest BCUT2D eigenvalue weighted by atomic mass is 9.85. The molecule has 8 heteroatoms. The highest BCUT2D eigenvalue weighted by Crippen LogP contribution is 2.25. The lowest BCUT2D eigenvalue weighted by Crippen LogP contribution is -2.56. The number of carbonyl (C=O) groups is 3. The highest BCUT2D eigenvalue weighted by molar-refractivity contribution is 5.78. The molecule has 0 atom stereocenters. The Hall–Kier alpha value is -1.83. The molecule has 2 aliphatic carbocycles. The molecule has 2 aliphatic rings. The van der Waals surface area contributed by atoms with Crippen LogP contribution in [0, 0.1) is 0 Å². The number of likely N-dealkylation sites (N-methyl/N-ethyl adjacent to an activating group) is 1.